The molecule has 0 aromatic carbocycles. The van der Waals surface area contributed by atoms with Gasteiger partial charge in [0.15, 0.2) is 0 Å². The molecule has 0 amide bonds. The SMILES string of the molecule is Cc1nn(C)c(C)c1[C@H]1OCC[C@@H]1NC(C)CCn1cncn1. The molecular formula is C16H26N6O. The fourth-order valence-electron chi connectivity index (χ4n) is 3.37. The van der Waals surface area contributed by atoms with Gasteiger partial charge < -0.3 is 10.1 Å². The summed E-state index contributed by atoms with van der Waals surface area (Å²) in [5.41, 5.74) is 3.50. The number of aryl methyl sites for hydroxylation is 3. The maximum Gasteiger partial charge on any atom is 0.137 e. The Morgan fingerprint density at radius 1 is 1.43 bits per heavy atom. The zero-order valence-corrected chi connectivity index (χ0v) is 14.4. The van der Waals surface area contributed by atoms with Gasteiger partial charge in [-0.1, -0.05) is 0 Å². The van der Waals surface area contributed by atoms with Crippen molar-refractivity contribution in [3.63, 3.8) is 0 Å². The third-order valence-electron chi connectivity index (χ3n) is 4.70. The molecule has 1 aliphatic heterocycles. The van der Waals surface area contributed by atoms with Crippen molar-refractivity contribution < 1.29 is 4.74 Å². The van der Waals surface area contributed by atoms with Gasteiger partial charge in [0.05, 0.1) is 5.69 Å². The van der Waals surface area contributed by atoms with Crippen LogP contribution in [0.2, 0.25) is 0 Å². The fraction of sp³-hybridized carbons (Fsp3) is 0.688. The second kappa shape index (κ2) is 6.80. The van der Waals surface area contributed by atoms with Crippen LogP contribution in [0.4, 0.5) is 0 Å². The second-order valence-corrected chi connectivity index (χ2v) is 6.41. The van der Waals surface area contributed by atoms with Crippen LogP contribution in [0.15, 0.2) is 12.7 Å². The van der Waals surface area contributed by atoms with Gasteiger partial charge in [0, 0.05) is 43.5 Å². The third-order valence-corrected chi connectivity index (χ3v) is 4.70. The van der Waals surface area contributed by atoms with E-state index in [1.165, 1.54) is 11.3 Å². The lowest BCUT2D eigenvalue weighted by molar-refractivity contribution is 0.0953. The molecule has 126 valence electrons. The highest BCUT2D eigenvalue weighted by Crippen LogP contribution is 2.33. The summed E-state index contributed by atoms with van der Waals surface area (Å²) in [6.07, 6.45) is 5.48. The quantitative estimate of drug-likeness (QED) is 0.874. The van der Waals surface area contributed by atoms with E-state index in [2.05, 4.69) is 41.3 Å². The number of nitrogens with zero attached hydrogens (tertiary/aromatic N) is 5. The van der Waals surface area contributed by atoms with Crippen LogP contribution in [0.5, 0.6) is 0 Å². The molecule has 3 atom stereocenters. The molecule has 0 saturated carbocycles. The Bertz CT molecular complexity index is 635. The highest BCUT2D eigenvalue weighted by Gasteiger charge is 2.34. The van der Waals surface area contributed by atoms with Crippen LogP contribution in [-0.2, 0) is 18.3 Å². The summed E-state index contributed by atoms with van der Waals surface area (Å²) in [6.45, 7) is 8.07. The standard InChI is InChI=1S/C16H26N6O/c1-11(5-7-22-10-17-9-18-22)19-14-6-8-23-16(14)15-12(2)20-21(4)13(15)3/h9-11,14,16,19H,5-8H2,1-4H3/t11?,14-,16-/m0/s1. The molecule has 0 spiro atoms. The van der Waals surface area contributed by atoms with Gasteiger partial charge in [-0.3, -0.25) is 9.36 Å². The third kappa shape index (κ3) is 3.45. The number of hydrogen-bond donors (Lipinski definition) is 1. The van der Waals surface area contributed by atoms with Gasteiger partial charge in [-0.25, -0.2) is 4.98 Å². The zero-order chi connectivity index (χ0) is 16.4. The van der Waals surface area contributed by atoms with Gasteiger partial charge in [0.2, 0.25) is 0 Å². The Morgan fingerprint density at radius 3 is 2.91 bits per heavy atom. The molecule has 0 bridgehead atoms. The highest BCUT2D eigenvalue weighted by molar-refractivity contribution is 5.29. The van der Waals surface area contributed by atoms with Gasteiger partial charge in [0.1, 0.15) is 18.8 Å². The van der Waals surface area contributed by atoms with E-state index in [0.29, 0.717) is 12.1 Å². The number of rotatable bonds is 6. The minimum atomic E-state index is 0.0949. The minimum Gasteiger partial charge on any atom is -0.372 e. The number of ether oxygens (including phenoxy) is 1. The highest BCUT2D eigenvalue weighted by atomic mass is 16.5. The molecule has 3 heterocycles. The molecule has 2 aromatic rings. The van der Waals surface area contributed by atoms with E-state index >= 15 is 0 Å². The van der Waals surface area contributed by atoms with Gasteiger partial charge in [-0.2, -0.15) is 10.2 Å². The van der Waals surface area contributed by atoms with Crippen molar-refractivity contribution in [2.75, 3.05) is 6.61 Å². The van der Waals surface area contributed by atoms with Crippen LogP contribution >= 0.6 is 0 Å². The molecule has 3 rings (SSSR count). The molecule has 1 N–H and O–H groups in total. The Hall–Kier alpha value is -1.73. The molecule has 2 aromatic heterocycles. The van der Waals surface area contributed by atoms with Crippen molar-refractivity contribution >= 4 is 0 Å². The molecule has 23 heavy (non-hydrogen) atoms. The first-order chi connectivity index (χ1) is 11.1. The molecule has 0 radical (unpaired) electrons. The largest absolute Gasteiger partial charge is 0.372 e. The van der Waals surface area contributed by atoms with Gasteiger partial charge >= 0.3 is 0 Å². The molecule has 7 heteroatoms. The number of hydrogen-bond acceptors (Lipinski definition) is 5. The summed E-state index contributed by atoms with van der Waals surface area (Å²) in [6, 6.07) is 0.730. The van der Waals surface area contributed by atoms with E-state index in [1.807, 2.05) is 16.4 Å². The predicted molar refractivity (Wildman–Crippen MR) is 87.0 cm³/mol. The normalized spacial score (nSPS) is 22.6. The maximum atomic E-state index is 6.03. The van der Waals surface area contributed by atoms with Crippen molar-refractivity contribution in [3.8, 4) is 0 Å². The smallest absolute Gasteiger partial charge is 0.137 e. The molecule has 1 aliphatic rings. The summed E-state index contributed by atoms with van der Waals surface area (Å²) in [7, 11) is 1.99. The van der Waals surface area contributed by atoms with E-state index in [0.717, 1.165) is 31.7 Å². The van der Waals surface area contributed by atoms with E-state index in [1.54, 1.807) is 12.7 Å². The summed E-state index contributed by atoms with van der Waals surface area (Å²) in [4.78, 5) is 3.98. The van der Waals surface area contributed by atoms with Gasteiger partial charge in [-0.15, -0.1) is 0 Å². The molecule has 1 fully saturated rings. The Balaban J connectivity index is 1.62. The Morgan fingerprint density at radius 2 is 2.26 bits per heavy atom. The number of aromatic nitrogens is 5. The molecular weight excluding hydrogens is 292 g/mol. The van der Waals surface area contributed by atoms with Crippen molar-refractivity contribution in [3.05, 3.63) is 29.6 Å². The average Bonchev–Trinajstić information content (AvgIpc) is 3.21. The molecule has 1 saturated heterocycles. The van der Waals surface area contributed by atoms with Crippen LogP contribution in [0.1, 0.15) is 42.8 Å². The van der Waals surface area contributed by atoms with Crippen molar-refractivity contribution in [1.29, 1.82) is 0 Å². The van der Waals surface area contributed by atoms with E-state index in [-0.39, 0.29) is 6.10 Å². The maximum absolute atomic E-state index is 6.03. The van der Waals surface area contributed by atoms with Crippen molar-refractivity contribution in [1.82, 2.24) is 29.9 Å². The lowest BCUT2D eigenvalue weighted by Gasteiger charge is -2.24. The van der Waals surface area contributed by atoms with Crippen LogP contribution in [0.25, 0.3) is 0 Å². The van der Waals surface area contributed by atoms with Crippen LogP contribution in [0.3, 0.4) is 0 Å². The summed E-state index contributed by atoms with van der Waals surface area (Å²) >= 11 is 0. The van der Waals surface area contributed by atoms with E-state index in [4.69, 9.17) is 4.74 Å². The first kappa shape index (κ1) is 16.1. The predicted octanol–water partition coefficient (Wildman–Crippen LogP) is 1.53. The van der Waals surface area contributed by atoms with Crippen LogP contribution in [0, 0.1) is 13.8 Å². The topological polar surface area (TPSA) is 69.8 Å². The van der Waals surface area contributed by atoms with Crippen LogP contribution in [-0.4, -0.2) is 43.2 Å². The summed E-state index contributed by atoms with van der Waals surface area (Å²) in [5.74, 6) is 0. The van der Waals surface area contributed by atoms with Gasteiger partial charge in [0.25, 0.3) is 0 Å². The zero-order valence-electron chi connectivity index (χ0n) is 14.4. The first-order valence-corrected chi connectivity index (χ1v) is 8.26. The Labute approximate surface area is 137 Å². The Kier molecular flexibility index (Phi) is 4.77. The van der Waals surface area contributed by atoms with Crippen molar-refractivity contribution in [2.45, 2.75) is 58.3 Å². The lowest BCUT2D eigenvalue weighted by Crippen LogP contribution is -2.39. The molecule has 1 unspecified atom stereocenters. The fourth-order valence-corrected chi connectivity index (χ4v) is 3.37. The summed E-state index contributed by atoms with van der Waals surface area (Å²) in [5, 5.41) is 12.4. The minimum absolute atomic E-state index is 0.0949. The van der Waals surface area contributed by atoms with Gasteiger partial charge in [-0.05, 0) is 33.6 Å². The van der Waals surface area contributed by atoms with E-state index < -0.39 is 0 Å². The lowest BCUT2D eigenvalue weighted by atomic mass is 9.99. The number of nitrogens with one attached hydrogen (secondary N) is 1. The summed E-state index contributed by atoms with van der Waals surface area (Å²) < 4.78 is 9.85. The van der Waals surface area contributed by atoms with Crippen molar-refractivity contribution in [2.24, 2.45) is 7.05 Å². The second-order valence-electron chi connectivity index (χ2n) is 6.41. The first-order valence-electron chi connectivity index (χ1n) is 8.26. The monoisotopic (exact) mass is 318 g/mol. The molecule has 0 aliphatic carbocycles. The average molecular weight is 318 g/mol. The van der Waals surface area contributed by atoms with E-state index in [9.17, 15) is 0 Å². The molecule has 7 nitrogen and oxygen atoms in total. The van der Waals surface area contributed by atoms with Crippen LogP contribution < -0.4 is 5.32 Å².